The molecule has 1 aromatic rings. The average molecular weight is 240 g/mol. The van der Waals surface area contributed by atoms with Gasteiger partial charge in [0.1, 0.15) is 6.10 Å². The van der Waals surface area contributed by atoms with E-state index in [4.69, 9.17) is 0 Å². The van der Waals surface area contributed by atoms with Crippen molar-refractivity contribution in [3.8, 4) is 0 Å². The van der Waals surface area contributed by atoms with Crippen LogP contribution < -0.4 is 0 Å². The van der Waals surface area contributed by atoms with Crippen molar-refractivity contribution in [2.24, 2.45) is 0 Å². The minimum Gasteiger partial charge on any atom is -0.280 e. The first-order valence-electron chi connectivity index (χ1n) is 5.21. The zero-order valence-corrected chi connectivity index (χ0v) is 8.89. The Bertz CT molecular complexity index is 406. The minimum atomic E-state index is -4.60. The summed E-state index contributed by atoms with van der Waals surface area (Å²) >= 11 is 0. The van der Waals surface area contributed by atoms with Crippen LogP contribution in [0.5, 0.6) is 0 Å². The Kier molecular flexibility index (Phi) is 3.33. The first-order valence-corrected chi connectivity index (χ1v) is 5.21. The molecule has 0 aromatic heterocycles. The van der Waals surface area contributed by atoms with Gasteiger partial charge in [-0.05, 0) is 5.56 Å². The molecule has 0 aliphatic heterocycles. The molecule has 0 saturated heterocycles. The molecule has 0 spiro atoms. The van der Waals surface area contributed by atoms with Gasteiger partial charge in [-0.1, -0.05) is 54.6 Å². The van der Waals surface area contributed by atoms with Gasteiger partial charge in [0.2, 0.25) is 0 Å². The fourth-order valence-electron chi connectivity index (χ4n) is 1.72. The summed E-state index contributed by atoms with van der Waals surface area (Å²) in [5.74, 6) is 0.0179. The molecular weight excluding hydrogens is 229 g/mol. The van der Waals surface area contributed by atoms with E-state index in [9.17, 15) is 13.2 Å². The van der Waals surface area contributed by atoms with Gasteiger partial charge in [0, 0.05) is 5.92 Å². The lowest BCUT2D eigenvalue weighted by Gasteiger charge is -2.18. The molecule has 17 heavy (non-hydrogen) atoms. The van der Waals surface area contributed by atoms with Gasteiger partial charge in [0.05, 0.1) is 0 Å². The van der Waals surface area contributed by atoms with E-state index in [1.54, 1.807) is 12.2 Å². The maximum atomic E-state index is 12.0. The van der Waals surface area contributed by atoms with E-state index in [0.29, 0.717) is 0 Å². The van der Waals surface area contributed by atoms with Crippen molar-refractivity contribution in [1.82, 2.24) is 0 Å². The van der Waals surface area contributed by atoms with Crippen LogP contribution in [0.1, 0.15) is 11.5 Å². The quantitative estimate of drug-likeness (QED) is 0.714. The van der Waals surface area contributed by atoms with E-state index in [-0.39, 0.29) is 5.92 Å². The summed E-state index contributed by atoms with van der Waals surface area (Å²) in [6, 6.07) is 9.56. The topological polar surface area (TPSA) is 9.23 Å². The van der Waals surface area contributed by atoms with E-state index >= 15 is 0 Å². The number of ether oxygens (including phenoxy) is 1. The number of hydrogen-bond acceptors (Lipinski definition) is 1. The molecule has 1 aliphatic rings. The van der Waals surface area contributed by atoms with Gasteiger partial charge >= 0.3 is 6.36 Å². The first-order chi connectivity index (χ1) is 8.04. The Labute approximate surface area is 97.2 Å². The van der Waals surface area contributed by atoms with Crippen LogP contribution in [0.25, 0.3) is 0 Å². The van der Waals surface area contributed by atoms with Gasteiger partial charge in [-0.15, -0.1) is 13.2 Å². The second kappa shape index (κ2) is 4.75. The fraction of sp³-hybridized carbons (Fsp3) is 0.231. The summed E-state index contributed by atoms with van der Waals surface area (Å²) in [6.07, 6.45) is 0.655. The standard InChI is InChI=1S/C13H11F3O/c14-13(15,16)17-12-8-6-11(7-9-12)10-4-2-1-3-5-10/h1-9,11-12H. The Balaban J connectivity index is 2.01. The highest BCUT2D eigenvalue weighted by Gasteiger charge is 2.32. The smallest absolute Gasteiger partial charge is 0.280 e. The van der Waals surface area contributed by atoms with Gasteiger partial charge in [0.15, 0.2) is 0 Å². The predicted octanol–water partition coefficient (Wildman–Crippen LogP) is 3.80. The number of alkyl halides is 3. The Morgan fingerprint density at radius 1 is 0.882 bits per heavy atom. The lowest BCUT2D eigenvalue weighted by molar-refractivity contribution is -0.330. The summed E-state index contributed by atoms with van der Waals surface area (Å²) in [7, 11) is 0. The molecule has 4 heteroatoms. The molecule has 2 rings (SSSR count). The summed E-state index contributed by atoms with van der Waals surface area (Å²) in [4.78, 5) is 0. The number of benzene rings is 1. The molecule has 90 valence electrons. The maximum Gasteiger partial charge on any atom is 0.523 e. The van der Waals surface area contributed by atoms with Gasteiger partial charge in [0.25, 0.3) is 0 Å². The van der Waals surface area contributed by atoms with E-state index < -0.39 is 12.5 Å². The third-order valence-electron chi connectivity index (χ3n) is 2.47. The molecule has 1 aliphatic carbocycles. The van der Waals surface area contributed by atoms with Crippen LogP contribution in [0.4, 0.5) is 13.2 Å². The first kappa shape index (κ1) is 11.9. The lowest BCUT2D eigenvalue weighted by Crippen LogP contribution is -2.22. The van der Waals surface area contributed by atoms with Crippen LogP contribution in [0.15, 0.2) is 54.6 Å². The fourth-order valence-corrected chi connectivity index (χ4v) is 1.72. The lowest BCUT2D eigenvalue weighted by atomic mass is 9.94. The highest BCUT2D eigenvalue weighted by atomic mass is 19.4. The molecule has 0 amide bonds. The number of rotatable bonds is 2. The van der Waals surface area contributed by atoms with Crippen molar-refractivity contribution in [1.29, 1.82) is 0 Å². The van der Waals surface area contributed by atoms with E-state index in [1.807, 2.05) is 30.3 Å². The van der Waals surface area contributed by atoms with Crippen LogP contribution in [0, 0.1) is 0 Å². The molecule has 1 aromatic carbocycles. The minimum absolute atomic E-state index is 0.0179. The van der Waals surface area contributed by atoms with Crippen LogP contribution in [-0.4, -0.2) is 12.5 Å². The van der Waals surface area contributed by atoms with Gasteiger partial charge in [-0.2, -0.15) is 0 Å². The largest absolute Gasteiger partial charge is 0.523 e. The van der Waals surface area contributed by atoms with Crippen molar-refractivity contribution < 1.29 is 17.9 Å². The average Bonchev–Trinajstić information content (AvgIpc) is 2.29. The second-order valence-electron chi connectivity index (χ2n) is 3.73. The van der Waals surface area contributed by atoms with Crippen molar-refractivity contribution in [2.75, 3.05) is 0 Å². The summed E-state index contributed by atoms with van der Waals surface area (Å²) < 4.78 is 39.8. The zero-order valence-electron chi connectivity index (χ0n) is 8.89. The van der Waals surface area contributed by atoms with Crippen molar-refractivity contribution >= 4 is 0 Å². The molecule has 0 radical (unpaired) electrons. The van der Waals surface area contributed by atoms with Gasteiger partial charge in [-0.3, -0.25) is 4.74 Å². The van der Waals surface area contributed by atoms with Crippen molar-refractivity contribution in [3.63, 3.8) is 0 Å². The molecule has 0 unspecified atom stereocenters. The Morgan fingerprint density at radius 3 is 2.00 bits per heavy atom. The molecule has 0 heterocycles. The summed E-state index contributed by atoms with van der Waals surface area (Å²) in [5.41, 5.74) is 1.05. The molecule has 1 nitrogen and oxygen atoms in total. The van der Waals surface area contributed by atoms with Crippen LogP contribution in [0.3, 0.4) is 0 Å². The van der Waals surface area contributed by atoms with E-state index in [0.717, 1.165) is 5.56 Å². The molecule has 0 saturated carbocycles. The maximum absolute atomic E-state index is 12.0. The summed E-state index contributed by atoms with van der Waals surface area (Å²) in [5, 5.41) is 0. The van der Waals surface area contributed by atoms with Crippen molar-refractivity contribution in [2.45, 2.75) is 18.4 Å². The highest BCUT2D eigenvalue weighted by Crippen LogP contribution is 2.26. The van der Waals surface area contributed by atoms with Gasteiger partial charge in [-0.25, -0.2) is 0 Å². The van der Waals surface area contributed by atoms with Crippen LogP contribution >= 0.6 is 0 Å². The highest BCUT2D eigenvalue weighted by molar-refractivity contribution is 5.32. The number of allylic oxidation sites excluding steroid dienone is 2. The third-order valence-corrected chi connectivity index (χ3v) is 2.47. The Hall–Kier alpha value is -1.55. The zero-order chi connectivity index (χ0) is 12.3. The summed E-state index contributed by atoms with van der Waals surface area (Å²) in [6.45, 7) is 0. The monoisotopic (exact) mass is 240 g/mol. The third kappa shape index (κ3) is 3.46. The number of halogens is 3. The second-order valence-corrected chi connectivity index (χ2v) is 3.73. The van der Waals surface area contributed by atoms with Crippen molar-refractivity contribution in [3.05, 3.63) is 60.2 Å². The molecule has 0 N–H and O–H groups in total. The predicted molar refractivity (Wildman–Crippen MR) is 58.4 cm³/mol. The molecule has 0 atom stereocenters. The van der Waals surface area contributed by atoms with Crippen LogP contribution in [0.2, 0.25) is 0 Å². The SMILES string of the molecule is FC(F)(F)OC1C=CC(c2ccccc2)C=C1. The van der Waals surface area contributed by atoms with Gasteiger partial charge < -0.3 is 0 Å². The molecular formula is C13H11F3O. The van der Waals surface area contributed by atoms with E-state index in [2.05, 4.69) is 4.74 Å². The van der Waals surface area contributed by atoms with Crippen LogP contribution in [-0.2, 0) is 4.74 Å². The van der Waals surface area contributed by atoms with E-state index in [1.165, 1.54) is 12.2 Å². The normalized spacial score (nSPS) is 23.9. The Morgan fingerprint density at radius 2 is 1.47 bits per heavy atom. The molecule has 0 bridgehead atoms. The number of hydrogen-bond donors (Lipinski definition) is 0. The molecule has 0 fully saturated rings.